The van der Waals surface area contributed by atoms with Gasteiger partial charge in [0.05, 0.1) is 22.5 Å². The summed E-state index contributed by atoms with van der Waals surface area (Å²) in [4.78, 5) is 25.2. The van der Waals surface area contributed by atoms with Gasteiger partial charge in [0.2, 0.25) is 5.91 Å². The van der Waals surface area contributed by atoms with Crippen LogP contribution in [-0.4, -0.2) is 21.6 Å². The fraction of sp³-hybridized carbons (Fsp3) is 0.208. The van der Waals surface area contributed by atoms with Gasteiger partial charge in [0.25, 0.3) is 0 Å². The van der Waals surface area contributed by atoms with Crippen LogP contribution in [0.4, 0.5) is 5.13 Å². The Morgan fingerprint density at radius 1 is 1.13 bits per heavy atom. The average molecular weight is 468 g/mol. The second-order valence-electron chi connectivity index (χ2n) is 7.43. The summed E-state index contributed by atoms with van der Waals surface area (Å²) in [6, 6.07) is 17.6. The normalized spacial score (nSPS) is 11.2. The van der Waals surface area contributed by atoms with Crippen LogP contribution >= 0.6 is 34.7 Å². The molecule has 7 heteroatoms. The second kappa shape index (κ2) is 9.81. The van der Waals surface area contributed by atoms with Crippen molar-refractivity contribution in [3.8, 4) is 0 Å². The Morgan fingerprint density at radius 2 is 1.94 bits per heavy atom. The first kappa shape index (κ1) is 21.8. The van der Waals surface area contributed by atoms with E-state index in [2.05, 4.69) is 37.0 Å². The number of fused-ring (bicyclic) bond motifs is 1. The van der Waals surface area contributed by atoms with Crippen LogP contribution in [0.5, 0.6) is 0 Å². The van der Waals surface area contributed by atoms with E-state index in [4.69, 9.17) is 16.6 Å². The van der Waals surface area contributed by atoms with E-state index in [0.29, 0.717) is 28.4 Å². The number of thioether (sulfide) groups is 1. The monoisotopic (exact) mass is 467 g/mol. The van der Waals surface area contributed by atoms with E-state index < -0.39 is 0 Å². The molecule has 0 saturated heterocycles. The van der Waals surface area contributed by atoms with Crippen molar-refractivity contribution in [2.24, 2.45) is 0 Å². The molecular weight excluding hydrogens is 446 g/mol. The van der Waals surface area contributed by atoms with Crippen LogP contribution < -0.4 is 4.90 Å². The van der Waals surface area contributed by atoms with Crippen LogP contribution in [0.15, 0.2) is 71.9 Å². The molecule has 4 rings (SSSR count). The summed E-state index contributed by atoms with van der Waals surface area (Å²) in [5, 5.41) is 1.40. The van der Waals surface area contributed by atoms with Gasteiger partial charge >= 0.3 is 0 Å². The SMILES string of the molecule is CC(C)c1cccc2sc(N(Cc3cccnc3)C(=O)CSc3ccc(Cl)cc3)nc12. The number of hydrogen-bond donors (Lipinski definition) is 0. The van der Waals surface area contributed by atoms with Crippen molar-refractivity contribution >= 4 is 56.0 Å². The summed E-state index contributed by atoms with van der Waals surface area (Å²) in [5.74, 6) is 0.685. The molecule has 1 amide bonds. The van der Waals surface area contributed by atoms with Gasteiger partial charge in [0, 0.05) is 22.3 Å². The van der Waals surface area contributed by atoms with Crippen molar-refractivity contribution in [3.05, 3.63) is 83.1 Å². The van der Waals surface area contributed by atoms with E-state index in [1.54, 1.807) is 28.6 Å². The summed E-state index contributed by atoms with van der Waals surface area (Å²) in [6.45, 7) is 4.76. The lowest BCUT2D eigenvalue weighted by atomic mass is 10.0. The maximum absolute atomic E-state index is 13.3. The first-order chi connectivity index (χ1) is 15.0. The number of amides is 1. The molecule has 4 nitrogen and oxygen atoms in total. The van der Waals surface area contributed by atoms with Crippen LogP contribution in [0, 0.1) is 0 Å². The van der Waals surface area contributed by atoms with Crippen molar-refractivity contribution < 1.29 is 4.79 Å². The first-order valence-electron chi connectivity index (χ1n) is 9.98. The zero-order chi connectivity index (χ0) is 21.8. The summed E-state index contributed by atoms with van der Waals surface area (Å²) in [5.41, 5.74) is 3.15. The highest BCUT2D eigenvalue weighted by Crippen LogP contribution is 2.34. The summed E-state index contributed by atoms with van der Waals surface area (Å²) >= 11 is 9.02. The third kappa shape index (κ3) is 5.26. The number of benzene rings is 2. The van der Waals surface area contributed by atoms with E-state index in [9.17, 15) is 4.79 Å². The van der Waals surface area contributed by atoms with E-state index in [-0.39, 0.29) is 5.91 Å². The van der Waals surface area contributed by atoms with Gasteiger partial charge in [-0.05, 0) is 53.4 Å². The number of nitrogens with zero attached hydrogens (tertiary/aromatic N) is 3. The summed E-state index contributed by atoms with van der Waals surface area (Å²) in [7, 11) is 0. The Kier molecular flexibility index (Phi) is 6.90. The molecule has 0 aliphatic rings. The Bertz CT molecular complexity index is 1180. The van der Waals surface area contributed by atoms with Gasteiger partial charge in [-0.25, -0.2) is 4.98 Å². The number of carbonyl (C=O) groups excluding carboxylic acids is 1. The molecule has 0 N–H and O–H groups in total. The largest absolute Gasteiger partial charge is 0.283 e. The van der Waals surface area contributed by atoms with Gasteiger partial charge in [-0.15, -0.1) is 11.8 Å². The van der Waals surface area contributed by atoms with Gasteiger partial charge in [0.15, 0.2) is 5.13 Å². The van der Waals surface area contributed by atoms with E-state index in [1.807, 2.05) is 36.4 Å². The summed E-state index contributed by atoms with van der Waals surface area (Å²) in [6.07, 6.45) is 3.53. The van der Waals surface area contributed by atoms with Crippen LogP contribution in [0.2, 0.25) is 5.02 Å². The van der Waals surface area contributed by atoms with Gasteiger partial charge in [-0.1, -0.05) is 55.0 Å². The lowest BCUT2D eigenvalue weighted by Crippen LogP contribution is -2.31. The molecular formula is C24H22ClN3OS2. The second-order valence-corrected chi connectivity index (χ2v) is 9.92. The minimum Gasteiger partial charge on any atom is -0.283 e. The lowest BCUT2D eigenvalue weighted by molar-refractivity contribution is -0.116. The van der Waals surface area contributed by atoms with Crippen LogP contribution in [0.3, 0.4) is 0 Å². The highest BCUT2D eigenvalue weighted by molar-refractivity contribution is 8.00. The molecule has 0 aliphatic carbocycles. The topological polar surface area (TPSA) is 46.1 Å². The number of hydrogen-bond acceptors (Lipinski definition) is 5. The molecule has 0 spiro atoms. The van der Waals surface area contributed by atoms with E-state index in [1.165, 1.54) is 17.3 Å². The van der Waals surface area contributed by atoms with Crippen molar-refractivity contribution in [1.82, 2.24) is 9.97 Å². The van der Waals surface area contributed by atoms with Gasteiger partial charge in [-0.2, -0.15) is 0 Å². The molecule has 0 aliphatic heterocycles. The minimum atomic E-state index is 0.00829. The zero-order valence-electron chi connectivity index (χ0n) is 17.3. The Hall–Kier alpha value is -2.41. The standard InChI is InChI=1S/C24H22ClN3OS2/c1-16(2)20-6-3-7-21-23(20)27-24(31-21)28(14-17-5-4-12-26-13-17)22(29)15-30-19-10-8-18(25)9-11-19/h3-13,16H,14-15H2,1-2H3. The smallest absolute Gasteiger partial charge is 0.239 e. The first-order valence-corrected chi connectivity index (χ1v) is 12.2. The Labute approximate surface area is 195 Å². The van der Waals surface area contributed by atoms with Gasteiger partial charge < -0.3 is 0 Å². The quantitative estimate of drug-likeness (QED) is 0.280. The van der Waals surface area contributed by atoms with Crippen molar-refractivity contribution in [1.29, 1.82) is 0 Å². The molecule has 158 valence electrons. The number of halogens is 1. The van der Waals surface area contributed by atoms with Crippen LogP contribution in [0.1, 0.15) is 30.9 Å². The van der Waals surface area contributed by atoms with Crippen LogP contribution in [-0.2, 0) is 11.3 Å². The molecule has 0 saturated carbocycles. The van der Waals surface area contributed by atoms with Crippen molar-refractivity contribution in [3.63, 3.8) is 0 Å². The highest BCUT2D eigenvalue weighted by atomic mass is 35.5. The third-order valence-corrected chi connectivity index (χ3v) is 7.12. The number of carbonyl (C=O) groups is 1. The molecule has 4 aromatic rings. The molecule has 0 fully saturated rings. The maximum atomic E-state index is 13.3. The molecule has 0 atom stereocenters. The molecule has 0 unspecified atom stereocenters. The minimum absolute atomic E-state index is 0.00829. The predicted molar refractivity (Wildman–Crippen MR) is 131 cm³/mol. The van der Waals surface area contributed by atoms with E-state index >= 15 is 0 Å². The fourth-order valence-electron chi connectivity index (χ4n) is 3.23. The molecule has 2 heterocycles. The number of para-hydroxylation sites is 1. The van der Waals surface area contributed by atoms with Gasteiger partial charge in [0.1, 0.15) is 0 Å². The lowest BCUT2D eigenvalue weighted by Gasteiger charge is -2.20. The third-order valence-electron chi connectivity index (χ3n) is 4.83. The highest BCUT2D eigenvalue weighted by Gasteiger charge is 2.22. The van der Waals surface area contributed by atoms with Crippen molar-refractivity contribution in [2.75, 3.05) is 10.7 Å². The van der Waals surface area contributed by atoms with Gasteiger partial charge in [-0.3, -0.25) is 14.7 Å². The molecule has 2 aromatic carbocycles. The molecule has 0 radical (unpaired) electrons. The maximum Gasteiger partial charge on any atom is 0.239 e. The molecule has 0 bridgehead atoms. The average Bonchev–Trinajstić information content (AvgIpc) is 3.21. The zero-order valence-corrected chi connectivity index (χ0v) is 19.7. The Morgan fingerprint density at radius 3 is 2.65 bits per heavy atom. The molecule has 31 heavy (non-hydrogen) atoms. The fourth-order valence-corrected chi connectivity index (χ4v) is 5.15. The number of aromatic nitrogens is 2. The summed E-state index contributed by atoms with van der Waals surface area (Å²) < 4.78 is 1.09. The number of anilines is 1. The van der Waals surface area contributed by atoms with Crippen LogP contribution in [0.25, 0.3) is 10.2 Å². The number of rotatable bonds is 7. The predicted octanol–water partition coefficient (Wildman–Crippen LogP) is 6.79. The van der Waals surface area contributed by atoms with Crippen molar-refractivity contribution in [2.45, 2.75) is 31.2 Å². The number of pyridine rings is 1. The Balaban J connectivity index is 1.64. The van der Waals surface area contributed by atoms with E-state index in [0.717, 1.165) is 20.7 Å². The number of thiazole rings is 1. The molecule has 2 aromatic heterocycles.